The Morgan fingerprint density at radius 1 is 1.03 bits per heavy atom. The number of hydrogen-bond acceptors (Lipinski definition) is 4. The van der Waals surface area contributed by atoms with E-state index in [1.165, 1.54) is 0 Å². The molecule has 0 spiro atoms. The van der Waals surface area contributed by atoms with E-state index in [-0.39, 0.29) is 35.1 Å². The molecule has 1 aromatic carbocycles. The maximum absolute atomic E-state index is 13.6. The summed E-state index contributed by atoms with van der Waals surface area (Å²) >= 11 is 6.11. The van der Waals surface area contributed by atoms with Gasteiger partial charge in [0.05, 0.1) is 6.04 Å². The number of carbonyl (C=O) groups excluding carboxylic acids is 3. The van der Waals surface area contributed by atoms with E-state index in [9.17, 15) is 14.4 Å². The summed E-state index contributed by atoms with van der Waals surface area (Å²) in [4.78, 5) is 44.6. The molecule has 2 unspecified atom stereocenters. The number of likely N-dealkylation sites (N-methyl/N-ethyl adjacent to an activating group) is 1. The van der Waals surface area contributed by atoms with Crippen LogP contribution >= 0.6 is 11.6 Å². The van der Waals surface area contributed by atoms with Gasteiger partial charge in [-0.15, -0.1) is 0 Å². The number of nitrogens with zero attached hydrogens (tertiary/aromatic N) is 3. The number of benzene rings is 1. The number of likely N-dealkylation sites (tertiary alicyclic amines) is 2. The first kappa shape index (κ1) is 25.8. The lowest BCUT2D eigenvalue weighted by Crippen LogP contribution is -2.47. The van der Waals surface area contributed by atoms with Crippen LogP contribution in [0.15, 0.2) is 24.3 Å². The van der Waals surface area contributed by atoms with Gasteiger partial charge < -0.3 is 19.4 Å². The van der Waals surface area contributed by atoms with E-state index in [1.54, 1.807) is 11.9 Å². The highest BCUT2D eigenvalue weighted by atomic mass is 35.5. The molecule has 4 rings (SSSR count). The van der Waals surface area contributed by atoms with E-state index in [4.69, 9.17) is 16.3 Å². The number of carbonyl (C=O) groups is 3. The molecule has 1 aromatic rings. The first-order chi connectivity index (χ1) is 16.4. The molecule has 35 heavy (non-hydrogen) atoms. The minimum atomic E-state index is -0.599. The largest absolute Gasteiger partial charge is 0.444 e. The van der Waals surface area contributed by atoms with Crippen LogP contribution in [-0.2, 0) is 14.3 Å². The van der Waals surface area contributed by atoms with Gasteiger partial charge in [0.25, 0.3) is 0 Å². The van der Waals surface area contributed by atoms with Crippen molar-refractivity contribution in [1.82, 2.24) is 14.7 Å². The molecule has 0 radical (unpaired) electrons. The van der Waals surface area contributed by atoms with Crippen LogP contribution in [0.2, 0.25) is 5.02 Å². The normalized spacial score (nSPS) is 24.3. The molecule has 3 amide bonds. The van der Waals surface area contributed by atoms with Crippen molar-refractivity contribution in [1.29, 1.82) is 0 Å². The van der Waals surface area contributed by atoms with Crippen molar-refractivity contribution >= 4 is 29.5 Å². The fourth-order valence-electron chi connectivity index (χ4n) is 5.24. The van der Waals surface area contributed by atoms with Crippen LogP contribution in [0.5, 0.6) is 0 Å². The molecule has 7 nitrogen and oxygen atoms in total. The van der Waals surface area contributed by atoms with E-state index < -0.39 is 11.7 Å². The zero-order valence-electron chi connectivity index (χ0n) is 21.6. The van der Waals surface area contributed by atoms with Crippen LogP contribution in [0.3, 0.4) is 0 Å². The summed E-state index contributed by atoms with van der Waals surface area (Å²) < 4.78 is 5.62. The Morgan fingerprint density at radius 3 is 2.17 bits per heavy atom. The minimum absolute atomic E-state index is 0.0368. The summed E-state index contributed by atoms with van der Waals surface area (Å²) in [6.45, 7) is 9.85. The molecule has 3 fully saturated rings. The minimum Gasteiger partial charge on any atom is -0.444 e. The van der Waals surface area contributed by atoms with E-state index in [2.05, 4.69) is 0 Å². The lowest BCUT2D eigenvalue weighted by molar-refractivity contribution is -0.142. The molecule has 0 N–H and O–H groups in total. The molecule has 1 saturated carbocycles. The summed E-state index contributed by atoms with van der Waals surface area (Å²) in [6.07, 6.45) is 2.93. The van der Waals surface area contributed by atoms with Crippen molar-refractivity contribution < 1.29 is 19.1 Å². The molecular formula is C27H38ClN3O4. The maximum atomic E-state index is 13.6. The lowest BCUT2D eigenvalue weighted by Gasteiger charge is -2.34. The molecule has 0 bridgehead atoms. The van der Waals surface area contributed by atoms with E-state index in [1.807, 2.05) is 61.8 Å². The third-order valence-corrected chi connectivity index (χ3v) is 7.98. The third-order valence-electron chi connectivity index (χ3n) is 7.73. The standard InChI is InChI=1S/C27H38ClN3O4/c1-26(2,3)35-25(34)29(5)22-17-31(16-21(22)18-6-8-20(28)9-7-18)23(32)19-10-14-30(15-11-19)24(33)27(4)12-13-27/h6-9,19,21-22H,10-17H2,1-5H3. The Kier molecular flexibility index (Phi) is 7.11. The molecule has 0 aromatic heterocycles. The average Bonchev–Trinajstić information content (AvgIpc) is 3.41. The summed E-state index contributed by atoms with van der Waals surface area (Å²) in [6, 6.07) is 7.43. The maximum Gasteiger partial charge on any atom is 0.410 e. The SMILES string of the molecule is CN(C(=O)OC(C)(C)C)C1CN(C(=O)C2CCN(C(=O)C3(C)CC3)CC2)CC1c1ccc(Cl)cc1. The third kappa shape index (κ3) is 5.76. The molecule has 192 valence electrons. The van der Waals surface area contributed by atoms with Gasteiger partial charge in [0, 0.05) is 55.5 Å². The topological polar surface area (TPSA) is 70.2 Å². The quantitative estimate of drug-likeness (QED) is 0.604. The highest BCUT2D eigenvalue weighted by Crippen LogP contribution is 2.47. The van der Waals surface area contributed by atoms with Gasteiger partial charge in [-0.2, -0.15) is 0 Å². The van der Waals surface area contributed by atoms with Crippen molar-refractivity contribution in [3.63, 3.8) is 0 Å². The van der Waals surface area contributed by atoms with E-state index in [0.29, 0.717) is 44.0 Å². The molecule has 2 aliphatic heterocycles. The van der Waals surface area contributed by atoms with Crippen molar-refractivity contribution in [2.24, 2.45) is 11.3 Å². The van der Waals surface area contributed by atoms with Crippen LogP contribution in [0, 0.1) is 11.3 Å². The van der Waals surface area contributed by atoms with Gasteiger partial charge >= 0.3 is 6.09 Å². The van der Waals surface area contributed by atoms with Crippen molar-refractivity contribution in [2.45, 2.75) is 70.9 Å². The number of hydrogen-bond donors (Lipinski definition) is 0. The summed E-state index contributed by atoms with van der Waals surface area (Å²) in [5.74, 6) is 0.230. The highest BCUT2D eigenvalue weighted by molar-refractivity contribution is 6.30. The van der Waals surface area contributed by atoms with Gasteiger partial charge in [0.15, 0.2) is 0 Å². The van der Waals surface area contributed by atoms with E-state index in [0.717, 1.165) is 18.4 Å². The Labute approximate surface area is 213 Å². The number of amides is 3. The molecule has 2 heterocycles. The fourth-order valence-corrected chi connectivity index (χ4v) is 5.36. The smallest absolute Gasteiger partial charge is 0.410 e. The Hall–Kier alpha value is -2.28. The van der Waals surface area contributed by atoms with E-state index >= 15 is 0 Å². The van der Waals surface area contributed by atoms with Gasteiger partial charge in [-0.3, -0.25) is 9.59 Å². The number of halogens is 1. The fraction of sp³-hybridized carbons (Fsp3) is 0.667. The monoisotopic (exact) mass is 503 g/mol. The van der Waals surface area contributed by atoms with Crippen LogP contribution in [0.4, 0.5) is 4.79 Å². The number of rotatable bonds is 4. The average molecular weight is 504 g/mol. The molecule has 1 aliphatic carbocycles. The molecule has 2 saturated heterocycles. The van der Waals surface area contributed by atoms with Crippen molar-refractivity contribution in [3.8, 4) is 0 Å². The van der Waals surface area contributed by atoms with Gasteiger partial charge in [-0.25, -0.2) is 4.79 Å². The molecule has 2 atom stereocenters. The first-order valence-electron chi connectivity index (χ1n) is 12.7. The molecule has 3 aliphatic rings. The second kappa shape index (κ2) is 9.64. The molecular weight excluding hydrogens is 466 g/mol. The van der Waals surface area contributed by atoms with Crippen LogP contribution in [0.1, 0.15) is 64.9 Å². The number of piperidine rings is 1. The summed E-state index contributed by atoms with van der Waals surface area (Å²) in [5.41, 5.74) is 0.276. The van der Waals surface area contributed by atoms with Gasteiger partial charge in [0.1, 0.15) is 5.60 Å². The summed E-state index contributed by atoms with van der Waals surface area (Å²) in [7, 11) is 1.75. The number of ether oxygens (including phenoxy) is 1. The van der Waals surface area contributed by atoms with Gasteiger partial charge in [0.2, 0.25) is 11.8 Å². The van der Waals surface area contributed by atoms with Crippen LogP contribution in [-0.4, -0.2) is 77.5 Å². The molecule has 8 heteroatoms. The Balaban J connectivity index is 1.45. The zero-order chi connectivity index (χ0) is 25.5. The van der Waals surface area contributed by atoms with Gasteiger partial charge in [-0.1, -0.05) is 30.7 Å². The predicted octanol–water partition coefficient (Wildman–Crippen LogP) is 4.54. The zero-order valence-corrected chi connectivity index (χ0v) is 22.3. The van der Waals surface area contributed by atoms with Crippen LogP contribution < -0.4 is 0 Å². The Morgan fingerprint density at radius 2 is 1.63 bits per heavy atom. The predicted molar refractivity (Wildman–Crippen MR) is 135 cm³/mol. The van der Waals surface area contributed by atoms with Gasteiger partial charge in [-0.05, 0) is 64.2 Å². The second-order valence-corrected chi connectivity index (χ2v) is 12.1. The highest BCUT2D eigenvalue weighted by Gasteiger charge is 2.48. The Bertz CT molecular complexity index is 962. The van der Waals surface area contributed by atoms with Crippen LogP contribution in [0.25, 0.3) is 0 Å². The van der Waals surface area contributed by atoms with Crippen molar-refractivity contribution in [3.05, 3.63) is 34.9 Å². The first-order valence-corrected chi connectivity index (χ1v) is 13.1. The lowest BCUT2D eigenvalue weighted by atomic mass is 9.93. The second-order valence-electron chi connectivity index (χ2n) is 11.7. The van der Waals surface area contributed by atoms with Crippen molar-refractivity contribution in [2.75, 3.05) is 33.2 Å². The summed E-state index contributed by atoms with van der Waals surface area (Å²) in [5, 5.41) is 0.651.